The van der Waals surface area contributed by atoms with Crippen molar-refractivity contribution in [3.8, 4) is 0 Å². The summed E-state index contributed by atoms with van der Waals surface area (Å²) in [6.45, 7) is 0.562. The van der Waals surface area contributed by atoms with Gasteiger partial charge in [-0.2, -0.15) is 0 Å². The van der Waals surface area contributed by atoms with Gasteiger partial charge in [0, 0.05) is 17.1 Å². The van der Waals surface area contributed by atoms with Crippen molar-refractivity contribution in [2.24, 2.45) is 5.73 Å². The van der Waals surface area contributed by atoms with Gasteiger partial charge in [0.05, 0.1) is 0 Å². The molecule has 4 heteroatoms. The maximum absolute atomic E-state index is 5.73. The molecular weight excluding hydrogens is 162 g/mol. The van der Waals surface area contributed by atoms with Crippen LogP contribution in [-0.2, 0) is 6.42 Å². The molecule has 4 N–H and O–H groups in total. The molecular formula is C7H10ClN3. The summed E-state index contributed by atoms with van der Waals surface area (Å²) in [5, 5.41) is 0.612. The van der Waals surface area contributed by atoms with E-state index in [0.717, 1.165) is 5.69 Å². The van der Waals surface area contributed by atoms with Crippen LogP contribution in [0.2, 0.25) is 5.02 Å². The zero-order valence-electron chi connectivity index (χ0n) is 6.05. The highest BCUT2D eigenvalue weighted by Crippen LogP contribution is 2.12. The lowest BCUT2D eigenvalue weighted by atomic mass is 10.3. The first-order valence-corrected chi connectivity index (χ1v) is 3.72. The predicted octanol–water partition coefficient (Wildman–Crippen LogP) is 0.818. The van der Waals surface area contributed by atoms with Crippen molar-refractivity contribution in [2.75, 3.05) is 12.3 Å². The summed E-state index contributed by atoms with van der Waals surface area (Å²) in [7, 11) is 0. The van der Waals surface area contributed by atoms with Crippen LogP contribution in [0.5, 0.6) is 0 Å². The predicted molar refractivity (Wildman–Crippen MR) is 46.4 cm³/mol. The Hall–Kier alpha value is -0.800. The maximum atomic E-state index is 5.73. The fourth-order valence-electron chi connectivity index (χ4n) is 0.848. The van der Waals surface area contributed by atoms with Crippen LogP contribution in [0.3, 0.4) is 0 Å². The fourth-order valence-corrected chi connectivity index (χ4v) is 1.09. The Balaban J connectivity index is 2.89. The van der Waals surface area contributed by atoms with Gasteiger partial charge >= 0.3 is 0 Å². The lowest BCUT2D eigenvalue weighted by Crippen LogP contribution is -2.05. The van der Waals surface area contributed by atoms with E-state index in [-0.39, 0.29) is 0 Å². The van der Waals surface area contributed by atoms with Crippen LogP contribution in [0.15, 0.2) is 12.1 Å². The maximum Gasteiger partial charge on any atom is 0.125 e. The van der Waals surface area contributed by atoms with Gasteiger partial charge in [-0.3, -0.25) is 0 Å². The van der Waals surface area contributed by atoms with Crippen molar-refractivity contribution >= 4 is 17.4 Å². The first-order chi connectivity index (χ1) is 5.22. The van der Waals surface area contributed by atoms with Gasteiger partial charge in [-0.25, -0.2) is 4.98 Å². The van der Waals surface area contributed by atoms with Crippen molar-refractivity contribution in [1.29, 1.82) is 0 Å². The number of hydrogen-bond acceptors (Lipinski definition) is 3. The third-order valence-electron chi connectivity index (χ3n) is 1.26. The molecule has 0 spiro atoms. The first-order valence-electron chi connectivity index (χ1n) is 3.34. The van der Waals surface area contributed by atoms with Crippen LogP contribution in [0.25, 0.3) is 0 Å². The number of nitrogens with two attached hydrogens (primary N) is 2. The number of hydrogen-bond donors (Lipinski definition) is 2. The Morgan fingerprint density at radius 1 is 1.45 bits per heavy atom. The van der Waals surface area contributed by atoms with E-state index in [1.807, 2.05) is 0 Å². The second-order valence-corrected chi connectivity index (χ2v) is 2.68. The van der Waals surface area contributed by atoms with E-state index in [9.17, 15) is 0 Å². The minimum Gasteiger partial charge on any atom is -0.384 e. The largest absolute Gasteiger partial charge is 0.384 e. The van der Waals surface area contributed by atoms with Gasteiger partial charge in [-0.1, -0.05) is 11.6 Å². The molecule has 0 aliphatic rings. The van der Waals surface area contributed by atoms with E-state index in [2.05, 4.69) is 4.98 Å². The number of aromatic nitrogens is 1. The molecule has 0 aliphatic carbocycles. The zero-order chi connectivity index (χ0) is 8.27. The van der Waals surface area contributed by atoms with Gasteiger partial charge in [0.15, 0.2) is 0 Å². The molecule has 1 heterocycles. The third kappa shape index (κ3) is 2.37. The summed E-state index contributed by atoms with van der Waals surface area (Å²) in [5.41, 5.74) is 11.6. The molecule has 0 saturated carbocycles. The molecule has 0 aliphatic heterocycles. The summed E-state index contributed by atoms with van der Waals surface area (Å²) in [4.78, 5) is 4.04. The Labute approximate surface area is 70.4 Å². The van der Waals surface area contributed by atoms with E-state index in [0.29, 0.717) is 23.8 Å². The van der Waals surface area contributed by atoms with Crippen LogP contribution in [0.1, 0.15) is 5.69 Å². The molecule has 1 aromatic rings. The molecule has 0 radical (unpaired) electrons. The van der Waals surface area contributed by atoms with Crippen molar-refractivity contribution < 1.29 is 0 Å². The monoisotopic (exact) mass is 171 g/mol. The molecule has 3 nitrogen and oxygen atoms in total. The van der Waals surface area contributed by atoms with Crippen LogP contribution in [0.4, 0.5) is 5.82 Å². The smallest absolute Gasteiger partial charge is 0.125 e. The Morgan fingerprint density at radius 3 is 2.73 bits per heavy atom. The average molecular weight is 172 g/mol. The molecule has 0 amide bonds. The van der Waals surface area contributed by atoms with Gasteiger partial charge in [0.25, 0.3) is 0 Å². The Kier molecular flexibility index (Phi) is 2.68. The molecule has 0 bridgehead atoms. The Bertz CT molecular complexity index is 229. The van der Waals surface area contributed by atoms with Crippen LogP contribution in [-0.4, -0.2) is 11.5 Å². The highest BCUT2D eigenvalue weighted by Gasteiger charge is 1.96. The number of halogens is 1. The Morgan fingerprint density at radius 2 is 2.18 bits per heavy atom. The van der Waals surface area contributed by atoms with Crippen LogP contribution < -0.4 is 11.5 Å². The van der Waals surface area contributed by atoms with Crippen LogP contribution >= 0.6 is 11.6 Å². The molecule has 0 atom stereocenters. The van der Waals surface area contributed by atoms with Crippen molar-refractivity contribution in [1.82, 2.24) is 4.98 Å². The second-order valence-electron chi connectivity index (χ2n) is 2.24. The summed E-state index contributed by atoms with van der Waals surface area (Å²) in [5.74, 6) is 0.445. The SMILES string of the molecule is NCCc1cc(Cl)cc(N)n1. The van der Waals surface area contributed by atoms with Gasteiger partial charge in [-0.15, -0.1) is 0 Å². The second kappa shape index (κ2) is 3.55. The summed E-state index contributed by atoms with van der Waals surface area (Å²) >= 11 is 5.73. The molecule has 0 unspecified atom stereocenters. The van der Waals surface area contributed by atoms with Gasteiger partial charge in [0.2, 0.25) is 0 Å². The summed E-state index contributed by atoms with van der Waals surface area (Å²) in [6, 6.07) is 3.38. The lowest BCUT2D eigenvalue weighted by Gasteiger charge is -1.99. The van der Waals surface area contributed by atoms with Gasteiger partial charge < -0.3 is 11.5 Å². The molecule has 0 fully saturated rings. The van der Waals surface area contributed by atoms with E-state index in [4.69, 9.17) is 23.1 Å². The normalized spacial score (nSPS) is 10.0. The van der Waals surface area contributed by atoms with Crippen molar-refractivity contribution in [3.63, 3.8) is 0 Å². The molecule has 1 aromatic heterocycles. The van der Waals surface area contributed by atoms with Crippen LogP contribution in [0, 0.1) is 0 Å². The quantitative estimate of drug-likeness (QED) is 0.693. The van der Waals surface area contributed by atoms with E-state index in [1.54, 1.807) is 12.1 Å². The fraction of sp³-hybridized carbons (Fsp3) is 0.286. The highest BCUT2D eigenvalue weighted by molar-refractivity contribution is 6.30. The van der Waals surface area contributed by atoms with E-state index < -0.39 is 0 Å². The number of nitrogen functional groups attached to an aromatic ring is 1. The zero-order valence-corrected chi connectivity index (χ0v) is 6.80. The molecule has 60 valence electrons. The van der Waals surface area contributed by atoms with Crippen molar-refractivity contribution in [3.05, 3.63) is 22.8 Å². The number of pyridine rings is 1. The number of rotatable bonds is 2. The third-order valence-corrected chi connectivity index (χ3v) is 1.48. The van der Waals surface area contributed by atoms with Crippen molar-refractivity contribution in [2.45, 2.75) is 6.42 Å². The first kappa shape index (κ1) is 8.30. The summed E-state index contributed by atoms with van der Waals surface area (Å²) in [6.07, 6.45) is 0.713. The molecule has 0 saturated heterocycles. The summed E-state index contributed by atoms with van der Waals surface area (Å²) < 4.78 is 0. The average Bonchev–Trinajstić information content (AvgIpc) is 1.85. The van der Waals surface area contributed by atoms with E-state index in [1.165, 1.54) is 0 Å². The minimum absolute atomic E-state index is 0.445. The standard InChI is InChI=1S/C7H10ClN3/c8-5-3-6(1-2-9)11-7(10)4-5/h3-4H,1-2,9H2,(H2,10,11). The minimum atomic E-state index is 0.445. The topological polar surface area (TPSA) is 64.9 Å². The molecule has 0 aromatic carbocycles. The molecule has 11 heavy (non-hydrogen) atoms. The van der Waals surface area contributed by atoms with Gasteiger partial charge in [-0.05, 0) is 18.7 Å². The number of nitrogens with zero attached hydrogens (tertiary/aromatic N) is 1. The van der Waals surface area contributed by atoms with E-state index >= 15 is 0 Å². The number of anilines is 1. The molecule has 1 rings (SSSR count). The highest BCUT2D eigenvalue weighted by atomic mass is 35.5. The lowest BCUT2D eigenvalue weighted by molar-refractivity contribution is 0.926. The van der Waals surface area contributed by atoms with Gasteiger partial charge in [0.1, 0.15) is 5.82 Å².